The van der Waals surface area contributed by atoms with Crippen molar-refractivity contribution in [3.8, 4) is 0 Å². The Morgan fingerprint density at radius 1 is 1.19 bits per heavy atom. The summed E-state index contributed by atoms with van der Waals surface area (Å²) in [6, 6.07) is 12.4. The molecule has 194 valence electrons. The SMILES string of the molecule is C[C@@H](CO[C@]1(c2ccc(Cl)cc2)c2c(F)cc(C(C)(C)O)cc2C(=O)N1Cc1ccc(Cl)cn1)C(N)=O. The highest BCUT2D eigenvalue weighted by Gasteiger charge is 2.55. The molecule has 2 heterocycles. The molecule has 0 saturated heterocycles. The number of benzene rings is 2. The number of carbonyl (C=O) groups is 2. The van der Waals surface area contributed by atoms with E-state index in [1.165, 1.54) is 37.1 Å². The van der Waals surface area contributed by atoms with Crippen LogP contribution < -0.4 is 5.73 Å². The lowest BCUT2D eigenvalue weighted by Crippen LogP contribution is -2.48. The van der Waals surface area contributed by atoms with Gasteiger partial charge in [-0.05, 0) is 55.8 Å². The minimum atomic E-state index is -1.79. The predicted octanol–water partition coefficient (Wildman–Crippen LogP) is 4.75. The molecular formula is C27H26Cl2FN3O4. The number of hydrogen-bond acceptors (Lipinski definition) is 5. The molecule has 1 aliphatic rings. The van der Waals surface area contributed by atoms with Gasteiger partial charge in [0, 0.05) is 16.8 Å². The number of carbonyl (C=O) groups excluding carboxylic acids is 2. The van der Waals surface area contributed by atoms with Crippen LogP contribution >= 0.6 is 23.2 Å². The lowest BCUT2D eigenvalue weighted by Gasteiger charge is -2.40. The van der Waals surface area contributed by atoms with Crippen LogP contribution in [0, 0.1) is 11.7 Å². The Balaban J connectivity index is 1.99. The summed E-state index contributed by atoms with van der Waals surface area (Å²) in [6.07, 6.45) is 1.44. The van der Waals surface area contributed by atoms with E-state index in [4.69, 9.17) is 33.7 Å². The van der Waals surface area contributed by atoms with Gasteiger partial charge in [-0.25, -0.2) is 4.39 Å². The van der Waals surface area contributed by atoms with Gasteiger partial charge in [-0.15, -0.1) is 0 Å². The molecule has 1 aliphatic heterocycles. The second-order valence-corrected chi connectivity index (χ2v) is 10.4. The van der Waals surface area contributed by atoms with E-state index in [0.29, 0.717) is 21.3 Å². The lowest BCUT2D eigenvalue weighted by atomic mass is 9.88. The molecule has 1 aromatic heterocycles. The zero-order chi connectivity index (χ0) is 27.1. The summed E-state index contributed by atoms with van der Waals surface area (Å²) in [7, 11) is 0. The van der Waals surface area contributed by atoms with Crippen LogP contribution in [0.3, 0.4) is 0 Å². The number of nitrogens with zero attached hydrogens (tertiary/aromatic N) is 2. The molecule has 0 fully saturated rings. The van der Waals surface area contributed by atoms with Crippen molar-refractivity contribution in [1.82, 2.24) is 9.88 Å². The van der Waals surface area contributed by atoms with E-state index in [-0.39, 0.29) is 29.8 Å². The number of halogens is 3. The number of pyridine rings is 1. The number of aromatic nitrogens is 1. The van der Waals surface area contributed by atoms with Gasteiger partial charge < -0.3 is 15.6 Å². The average Bonchev–Trinajstić information content (AvgIpc) is 3.07. The third kappa shape index (κ3) is 5.07. The second kappa shape index (κ2) is 10.0. The normalized spacial score (nSPS) is 18.1. The van der Waals surface area contributed by atoms with Crippen molar-refractivity contribution in [3.05, 3.63) is 98.5 Å². The fourth-order valence-electron chi connectivity index (χ4n) is 4.28. The van der Waals surface area contributed by atoms with Crippen LogP contribution in [0.1, 0.15) is 53.5 Å². The van der Waals surface area contributed by atoms with Crippen molar-refractivity contribution < 1.29 is 23.8 Å². The van der Waals surface area contributed by atoms with Gasteiger partial charge in [0.2, 0.25) is 5.91 Å². The number of primary amides is 1. The summed E-state index contributed by atoms with van der Waals surface area (Å²) in [6.45, 7) is 4.30. The van der Waals surface area contributed by atoms with E-state index in [9.17, 15) is 14.7 Å². The van der Waals surface area contributed by atoms with Gasteiger partial charge in [-0.3, -0.25) is 19.5 Å². The molecule has 0 aliphatic carbocycles. The van der Waals surface area contributed by atoms with Gasteiger partial charge >= 0.3 is 0 Å². The van der Waals surface area contributed by atoms with Crippen molar-refractivity contribution in [2.45, 2.75) is 38.6 Å². The van der Waals surface area contributed by atoms with Crippen LogP contribution in [0.5, 0.6) is 0 Å². The van der Waals surface area contributed by atoms with Crippen molar-refractivity contribution in [2.75, 3.05) is 6.61 Å². The Bertz CT molecular complexity index is 1340. The Morgan fingerprint density at radius 3 is 2.41 bits per heavy atom. The van der Waals surface area contributed by atoms with Gasteiger partial charge in [-0.1, -0.05) is 42.3 Å². The van der Waals surface area contributed by atoms with Crippen LogP contribution in [0.2, 0.25) is 10.0 Å². The molecule has 7 nitrogen and oxygen atoms in total. The van der Waals surface area contributed by atoms with Gasteiger partial charge in [0.05, 0.1) is 46.5 Å². The van der Waals surface area contributed by atoms with Crippen LogP contribution in [-0.4, -0.2) is 33.4 Å². The van der Waals surface area contributed by atoms with Gasteiger partial charge in [0.1, 0.15) is 5.82 Å². The van der Waals surface area contributed by atoms with Crippen LogP contribution in [-0.2, 0) is 27.4 Å². The molecule has 0 unspecified atom stereocenters. The number of hydrogen-bond donors (Lipinski definition) is 2. The van der Waals surface area contributed by atoms with E-state index in [1.54, 1.807) is 43.3 Å². The summed E-state index contributed by atoms with van der Waals surface area (Å²) in [4.78, 5) is 31.5. The molecule has 37 heavy (non-hydrogen) atoms. The van der Waals surface area contributed by atoms with E-state index in [1.807, 2.05) is 0 Å². The first kappa shape index (κ1) is 27.0. The summed E-state index contributed by atoms with van der Waals surface area (Å²) in [5.41, 5.74) is 3.35. The highest BCUT2D eigenvalue weighted by Crippen LogP contribution is 2.48. The van der Waals surface area contributed by atoms with E-state index in [0.717, 1.165) is 0 Å². The first-order valence-electron chi connectivity index (χ1n) is 11.5. The maximum atomic E-state index is 16.0. The Morgan fingerprint density at radius 2 is 1.84 bits per heavy atom. The number of aliphatic hydroxyl groups is 1. The largest absolute Gasteiger partial charge is 0.386 e. The maximum absolute atomic E-state index is 16.0. The molecule has 10 heteroatoms. The predicted molar refractivity (Wildman–Crippen MR) is 137 cm³/mol. The minimum Gasteiger partial charge on any atom is -0.386 e. The topological polar surface area (TPSA) is 106 Å². The second-order valence-electron chi connectivity index (χ2n) is 9.56. The standard InChI is InChI=1S/C27H26Cl2FN3O4/c1-15(24(31)34)14-37-27(16-4-6-18(28)7-5-16)23-21(10-17(11-22(23)30)26(2,3)36)25(35)33(27)13-20-9-8-19(29)12-32-20/h4-12,15,36H,13-14H2,1-3H3,(H2,31,34)/t15-,27+/m0/s1. The van der Waals surface area contributed by atoms with Crippen LogP contribution in [0.15, 0.2) is 54.7 Å². The molecule has 2 amide bonds. The highest BCUT2D eigenvalue weighted by atomic mass is 35.5. The number of rotatable bonds is 8. The molecule has 0 radical (unpaired) electrons. The van der Waals surface area contributed by atoms with E-state index < -0.39 is 34.9 Å². The van der Waals surface area contributed by atoms with Crippen molar-refractivity contribution in [1.29, 1.82) is 0 Å². The smallest absolute Gasteiger partial charge is 0.257 e. The fourth-order valence-corrected chi connectivity index (χ4v) is 4.52. The summed E-state index contributed by atoms with van der Waals surface area (Å²) in [5, 5.41) is 11.4. The minimum absolute atomic E-state index is 0.0211. The third-order valence-electron chi connectivity index (χ3n) is 6.36. The molecular weight excluding hydrogens is 520 g/mol. The van der Waals surface area contributed by atoms with Gasteiger partial charge in [-0.2, -0.15) is 0 Å². The lowest BCUT2D eigenvalue weighted by molar-refractivity contribution is -0.138. The number of ether oxygens (including phenoxy) is 1. The number of amides is 2. The molecule has 0 bridgehead atoms. The zero-order valence-corrected chi connectivity index (χ0v) is 22.0. The molecule has 2 atom stereocenters. The Labute approximate surface area is 224 Å². The van der Waals surface area contributed by atoms with Crippen molar-refractivity contribution in [3.63, 3.8) is 0 Å². The number of fused-ring (bicyclic) bond motifs is 1. The highest BCUT2D eigenvalue weighted by molar-refractivity contribution is 6.30. The molecule has 4 rings (SSSR count). The monoisotopic (exact) mass is 545 g/mol. The molecule has 0 saturated carbocycles. The van der Waals surface area contributed by atoms with Gasteiger partial charge in [0.15, 0.2) is 5.72 Å². The average molecular weight is 546 g/mol. The zero-order valence-electron chi connectivity index (χ0n) is 20.5. The molecule has 3 aromatic rings. The summed E-state index contributed by atoms with van der Waals surface area (Å²) < 4.78 is 22.4. The molecule has 2 aromatic carbocycles. The third-order valence-corrected chi connectivity index (χ3v) is 6.84. The first-order chi connectivity index (χ1) is 17.3. The quantitative estimate of drug-likeness (QED) is 0.424. The van der Waals surface area contributed by atoms with Crippen LogP contribution in [0.4, 0.5) is 4.39 Å². The summed E-state index contributed by atoms with van der Waals surface area (Å²) >= 11 is 12.1. The van der Waals surface area contributed by atoms with E-state index >= 15 is 4.39 Å². The Kier molecular flexibility index (Phi) is 7.32. The van der Waals surface area contributed by atoms with Crippen molar-refractivity contribution in [2.24, 2.45) is 11.7 Å². The first-order valence-corrected chi connectivity index (χ1v) is 12.3. The van der Waals surface area contributed by atoms with Gasteiger partial charge in [0.25, 0.3) is 5.91 Å². The molecule has 3 N–H and O–H groups in total. The maximum Gasteiger partial charge on any atom is 0.257 e. The molecule has 0 spiro atoms. The number of nitrogens with two attached hydrogens (primary N) is 1. The van der Waals surface area contributed by atoms with Crippen LogP contribution in [0.25, 0.3) is 0 Å². The Hall–Kier alpha value is -3.04. The van der Waals surface area contributed by atoms with E-state index in [2.05, 4.69) is 4.98 Å². The summed E-state index contributed by atoms with van der Waals surface area (Å²) in [5.74, 6) is -2.65. The fraction of sp³-hybridized carbons (Fsp3) is 0.296. The van der Waals surface area contributed by atoms with Crippen molar-refractivity contribution >= 4 is 35.0 Å².